The first-order valence-corrected chi connectivity index (χ1v) is 9.73. The van der Waals surface area contributed by atoms with Crippen LogP contribution in [0.4, 0.5) is 0 Å². The fraction of sp³-hybridized carbons (Fsp3) is 0.600. The molecule has 0 bridgehead atoms. The number of nitrogens with zero attached hydrogens (tertiary/aromatic N) is 2. The summed E-state index contributed by atoms with van der Waals surface area (Å²) in [5.74, 6) is 3.04. The van der Waals surface area contributed by atoms with E-state index in [2.05, 4.69) is 15.6 Å². The summed E-state index contributed by atoms with van der Waals surface area (Å²) in [6.07, 6.45) is 4.02. The van der Waals surface area contributed by atoms with Gasteiger partial charge in [0.1, 0.15) is 12.4 Å². The van der Waals surface area contributed by atoms with E-state index in [4.69, 9.17) is 14.2 Å². The number of fused-ring (bicyclic) bond motifs is 1. The largest absolute Gasteiger partial charge is 0.492 e. The second-order valence-corrected chi connectivity index (χ2v) is 7.40. The zero-order chi connectivity index (χ0) is 20.0. The smallest absolute Gasteiger partial charge is 0.231 e. The third kappa shape index (κ3) is 5.80. The third-order valence-electron chi connectivity index (χ3n) is 5.25. The van der Waals surface area contributed by atoms with E-state index >= 15 is 0 Å². The van der Waals surface area contributed by atoms with E-state index in [9.17, 15) is 4.79 Å². The van der Waals surface area contributed by atoms with Crippen LogP contribution in [0.25, 0.3) is 0 Å². The predicted molar refractivity (Wildman–Crippen MR) is 122 cm³/mol. The van der Waals surface area contributed by atoms with Gasteiger partial charge in [0.15, 0.2) is 17.5 Å². The maximum absolute atomic E-state index is 12.7. The lowest BCUT2D eigenvalue weighted by Gasteiger charge is -2.31. The highest BCUT2D eigenvalue weighted by Gasteiger charge is 2.42. The molecule has 1 heterocycles. The molecule has 1 aliphatic carbocycles. The van der Waals surface area contributed by atoms with Crippen molar-refractivity contribution in [1.29, 1.82) is 0 Å². The molecule has 9 heteroatoms. The molecule has 2 N–H and O–H groups in total. The van der Waals surface area contributed by atoms with Gasteiger partial charge in [-0.2, -0.15) is 0 Å². The molecule has 0 radical (unpaired) electrons. The molecule has 0 atom stereocenters. The number of rotatable bonds is 7. The highest BCUT2D eigenvalue weighted by Crippen LogP contribution is 2.39. The predicted octanol–water partition coefficient (Wildman–Crippen LogP) is 2.23. The standard InChI is InChI=1S/C20H30N4O4.HI/c1-21-19(23-13-20(8-4-5-9-20)18(25)24(2)3)22-10-11-26-15-6-7-16-17(12-15)28-14-27-16;/h6-7,12H,4-5,8-11,13-14H2,1-3H3,(H2,21,22,23);1H. The van der Waals surface area contributed by atoms with Crippen LogP contribution in [0.5, 0.6) is 17.2 Å². The topological polar surface area (TPSA) is 84.4 Å². The van der Waals surface area contributed by atoms with Crippen LogP contribution in [0.3, 0.4) is 0 Å². The highest BCUT2D eigenvalue weighted by molar-refractivity contribution is 14.0. The van der Waals surface area contributed by atoms with E-state index < -0.39 is 0 Å². The number of hydrogen-bond acceptors (Lipinski definition) is 5. The van der Waals surface area contributed by atoms with Crippen molar-refractivity contribution in [3.05, 3.63) is 18.2 Å². The first-order valence-electron chi connectivity index (χ1n) is 9.73. The van der Waals surface area contributed by atoms with Gasteiger partial charge in [-0.05, 0) is 25.0 Å². The summed E-state index contributed by atoms with van der Waals surface area (Å²) in [6.45, 7) is 1.90. The third-order valence-corrected chi connectivity index (χ3v) is 5.25. The number of ether oxygens (including phenoxy) is 3. The lowest BCUT2D eigenvalue weighted by Crippen LogP contribution is -2.49. The fourth-order valence-corrected chi connectivity index (χ4v) is 3.77. The molecule has 8 nitrogen and oxygen atoms in total. The molecule has 1 aromatic carbocycles. The minimum Gasteiger partial charge on any atom is -0.492 e. The first-order chi connectivity index (χ1) is 13.5. The van der Waals surface area contributed by atoms with Gasteiger partial charge in [-0.3, -0.25) is 9.79 Å². The zero-order valence-electron chi connectivity index (χ0n) is 17.3. The Balaban J connectivity index is 0.00000300. The Hall–Kier alpha value is -1.91. The van der Waals surface area contributed by atoms with E-state index in [0.29, 0.717) is 31.4 Å². The summed E-state index contributed by atoms with van der Waals surface area (Å²) in [6, 6.07) is 5.53. The van der Waals surface area contributed by atoms with Gasteiger partial charge in [-0.25, -0.2) is 0 Å². The van der Waals surface area contributed by atoms with Crippen molar-refractivity contribution in [3.8, 4) is 17.2 Å². The molecule has 1 aromatic rings. The molecule has 2 aliphatic rings. The van der Waals surface area contributed by atoms with Crippen molar-refractivity contribution in [1.82, 2.24) is 15.5 Å². The van der Waals surface area contributed by atoms with Crippen molar-refractivity contribution >= 4 is 35.8 Å². The van der Waals surface area contributed by atoms with Gasteiger partial charge >= 0.3 is 0 Å². The summed E-state index contributed by atoms with van der Waals surface area (Å²) in [5.41, 5.74) is -0.329. The van der Waals surface area contributed by atoms with Crippen LogP contribution >= 0.6 is 24.0 Å². The Labute approximate surface area is 189 Å². The van der Waals surface area contributed by atoms with Gasteiger partial charge in [-0.1, -0.05) is 12.8 Å². The van der Waals surface area contributed by atoms with Crippen LogP contribution in [-0.2, 0) is 4.79 Å². The number of nitrogens with one attached hydrogen (secondary N) is 2. The monoisotopic (exact) mass is 518 g/mol. The van der Waals surface area contributed by atoms with Crippen LogP contribution < -0.4 is 24.8 Å². The van der Waals surface area contributed by atoms with Gasteiger partial charge < -0.3 is 29.7 Å². The van der Waals surface area contributed by atoms with E-state index in [1.165, 1.54) is 0 Å². The summed E-state index contributed by atoms with van der Waals surface area (Å²) in [4.78, 5) is 18.6. The van der Waals surface area contributed by atoms with Crippen molar-refractivity contribution in [2.75, 3.05) is 47.6 Å². The van der Waals surface area contributed by atoms with Gasteiger partial charge in [-0.15, -0.1) is 24.0 Å². The maximum Gasteiger partial charge on any atom is 0.231 e. The molecule has 1 aliphatic heterocycles. The first kappa shape index (κ1) is 23.4. The molecule has 0 saturated heterocycles. The van der Waals surface area contributed by atoms with E-state index in [1.807, 2.05) is 32.3 Å². The average molecular weight is 518 g/mol. The molecular weight excluding hydrogens is 487 g/mol. The molecule has 0 unspecified atom stereocenters. The van der Waals surface area contributed by atoms with Crippen LogP contribution in [0.2, 0.25) is 0 Å². The van der Waals surface area contributed by atoms with E-state index in [1.54, 1.807) is 11.9 Å². The lowest BCUT2D eigenvalue weighted by molar-refractivity contribution is -0.138. The molecule has 3 rings (SSSR count). The zero-order valence-corrected chi connectivity index (χ0v) is 19.7. The van der Waals surface area contributed by atoms with Crippen LogP contribution in [0.1, 0.15) is 25.7 Å². The summed E-state index contributed by atoms with van der Waals surface area (Å²) in [7, 11) is 5.37. The highest BCUT2D eigenvalue weighted by atomic mass is 127. The Morgan fingerprint density at radius 1 is 1.21 bits per heavy atom. The van der Waals surface area contributed by atoms with Crippen LogP contribution in [0, 0.1) is 5.41 Å². The Kier molecular flexibility index (Phi) is 8.66. The quantitative estimate of drug-likeness (QED) is 0.249. The average Bonchev–Trinajstić information content (AvgIpc) is 3.36. The van der Waals surface area contributed by atoms with Crippen molar-refractivity contribution in [3.63, 3.8) is 0 Å². The van der Waals surface area contributed by atoms with E-state index in [-0.39, 0.29) is 42.1 Å². The fourth-order valence-electron chi connectivity index (χ4n) is 3.77. The maximum atomic E-state index is 12.7. The Bertz CT molecular complexity index is 720. The molecule has 1 amide bonds. The number of aliphatic imine (C=N–C) groups is 1. The van der Waals surface area contributed by atoms with Crippen LogP contribution in [-0.4, -0.2) is 64.4 Å². The normalized spacial score (nSPS) is 16.7. The number of carbonyl (C=O) groups excluding carboxylic acids is 1. The molecular formula is C20H31IN4O4. The number of carbonyl (C=O) groups is 1. The Morgan fingerprint density at radius 3 is 2.62 bits per heavy atom. The summed E-state index contributed by atoms with van der Waals surface area (Å²) >= 11 is 0. The minimum atomic E-state index is -0.329. The number of halogens is 1. The number of amides is 1. The molecule has 1 fully saturated rings. The van der Waals surface area contributed by atoms with Gasteiger partial charge in [0, 0.05) is 33.8 Å². The molecule has 0 spiro atoms. The van der Waals surface area contributed by atoms with Crippen molar-refractivity contribution in [2.24, 2.45) is 10.4 Å². The van der Waals surface area contributed by atoms with E-state index in [0.717, 1.165) is 37.2 Å². The second kappa shape index (κ2) is 10.7. The number of guanidine groups is 1. The van der Waals surface area contributed by atoms with Crippen molar-refractivity contribution < 1.29 is 19.0 Å². The SMILES string of the molecule is CN=C(NCCOc1ccc2c(c1)OCO2)NCC1(C(=O)N(C)C)CCCC1.I. The molecule has 162 valence electrons. The minimum absolute atomic E-state index is 0. The molecule has 1 saturated carbocycles. The lowest BCUT2D eigenvalue weighted by atomic mass is 9.84. The Morgan fingerprint density at radius 2 is 1.93 bits per heavy atom. The number of hydrogen-bond donors (Lipinski definition) is 2. The second-order valence-electron chi connectivity index (χ2n) is 7.40. The number of benzene rings is 1. The van der Waals surface area contributed by atoms with Gasteiger partial charge in [0.05, 0.1) is 12.0 Å². The van der Waals surface area contributed by atoms with Gasteiger partial charge in [0.2, 0.25) is 12.7 Å². The summed E-state index contributed by atoms with van der Waals surface area (Å²) < 4.78 is 16.4. The summed E-state index contributed by atoms with van der Waals surface area (Å²) in [5, 5.41) is 6.55. The van der Waals surface area contributed by atoms with Gasteiger partial charge in [0.25, 0.3) is 0 Å². The van der Waals surface area contributed by atoms with Crippen LogP contribution in [0.15, 0.2) is 23.2 Å². The molecule has 29 heavy (non-hydrogen) atoms. The molecule has 0 aromatic heterocycles. The van der Waals surface area contributed by atoms with Crippen molar-refractivity contribution in [2.45, 2.75) is 25.7 Å².